The van der Waals surface area contributed by atoms with Crippen molar-refractivity contribution in [3.8, 4) is 5.75 Å². The van der Waals surface area contributed by atoms with E-state index in [1.165, 1.54) is 0 Å². The van der Waals surface area contributed by atoms with Gasteiger partial charge in [-0.05, 0) is 51.7 Å². The number of rotatable bonds is 6. The van der Waals surface area contributed by atoms with E-state index in [1.807, 2.05) is 24.3 Å². The zero-order valence-corrected chi connectivity index (χ0v) is 15.0. The van der Waals surface area contributed by atoms with Crippen molar-refractivity contribution in [3.05, 3.63) is 24.3 Å². The molecule has 1 aliphatic heterocycles. The third-order valence-electron chi connectivity index (χ3n) is 5.18. The summed E-state index contributed by atoms with van der Waals surface area (Å²) < 4.78 is 5.31. The van der Waals surface area contributed by atoms with Crippen molar-refractivity contribution in [2.24, 2.45) is 0 Å². The molecule has 132 valence electrons. The van der Waals surface area contributed by atoms with Crippen molar-refractivity contribution >= 4 is 11.6 Å². The molecule has 2 N–H and O–H groups in total. The van der Waals surface area contributed by atoms with Gasteiger partial charge in [0.15, 0.2) is 0 Å². The predicted octanol–water partition coefficient (Wildman–Crippen LogP) is 2.63. The van der Waals surface area contributed by atoms with Crippen LogP contribution in [0.5, 0.6) is 5.75 Å². The number of nitrogens with one attached hydrogen (secondary N) is 2. The Bertz CT molecular complexity index is 576. The molecule has 2 aliphatic rings. The fraction of sp³-hybridized carbons (Fsp3) is 0.632. The summed E-state index contributed by atoms with van der Waals surface area (Å²) in [5, 5.41) is 6.75. The van der Waals surface area contributed by atoms with Gasteiger partial charge in [0.05, 0.1) is 7.11 Å². The maximum absolute atomic E-state index is 13.0. The van der Waals surface area contributed by atoms with E-state index < -0.39 is 5.54 Å². The Labute approximate surface area is 144 Å². The molecule has 1 aliphatic carbocycles. The van der Waals surface area contributed by atoms with Gasteiger partial charge < -0.3 is 20.3 Å². The third kappa shape index (κ3) is 3.83. The van der Waals surface area contributed by atoms with Gasteiger partial charge in [-0.15, -0.1) is 0 Å². The minimum absolute atomic E-state index is 0.149. The molecule has 0 unspecified atom stereocenters. The molecule has 1 saturated heterocycles. The van der Waals surface area contributed by atoms with Gasteiger partial charge in [-0.2, -0.15) is 0 Å². The van der Waals surface area contributed by atoms with Gasteiger partial charge in [0, 0.05) is 36.9 Å². The van der Waals surface area contributed by atoms with E-state index in [4.69, 9.17) is 4.74 Å². The number of nitrogens with zero attached hydrogens (tertiary/aromatic N) is 1. The summed E-state index contributed by atoms with van der Waals surface area (Å²) in [5.41, 5.74) is 0.415. The summed E-state index contributed by atoms with van der Waals surface area (Å²) in [6.07, 6.45) is 3.86. The molecule has 1 heterocycles. The molecular formula is C19H29N3O2. The van der Waals surface area contributed by atoms with Crippen molar-refractivity contribution in [2.75, 3.05) is 25.5 Å². The number of piperidine rings is 1. The standard InChI is InChI=1S/C19H29N3O2/c1-14(2)22-11-9-19(10-12-22,18(23)20-15-7-8-15)21-16-5-4-6-17(13-16)24-3/h4-6,13-15,21H,7-12H2,1-3H3,(H,20,23). The van der Waals surface area contributed by atoms with Crippen molar-refractivity contribution < 1.29 is 9.53 Å². The number of benzene rings is 1. The number of methoxy groups -OCH3 is 1. The molecule has 0 aromatic heterocycles. The minimum Gasteiger partial charge on any atom is -0.497 e. The first-order valence-corrected chi connectivity index (χ1v) is 9.00. The molecule has 5 heteroatoms. The smallest absolute Gasteiger partial charge is 0.245 e. The topological polar surface area (TPSA) is 53.6 Å². The van der Waals surface area contributed by atoms with Gasteiger partial charge in [-0.3, -0.25) is 4.79 Å². The lowest BCUT2D eigenvalue weighted by atomic mass is 9.85. The van der Waals surface area contributed by atoms with Crippen LogP contribution < -0.4 is 15.4 Å². The fourth-order valence-corrected chi connectivity index (χ4v) is 3.36. The van der Waals surface area contributed by atoms with E-state index in [9.17, 15) is 4.79 Å². The molecule has 1 aromatic carbocycles. The molecule has 0 bridgehead atoms. The summed E-state index contributed by atoms with van der Waals surface area (Å²) >= 11 is 0. The molecule has 3 rings (SSSR count). The van der Waals surface area contributed by atoms with E-state index in [0.717, 1.165) is 50.2 Å². The second-order valence-corrected chi connectivity index (χ2v) is 7.32. The molecule has 0 atom stereocenters. The third-order valence-corrected chi connectivity index (χ3v) is 5.18. The number of anilines is 1. The van der Waals surface area contributed by atoms with Crippen LogP contribution in [0.4, 0.5) is 5.69 Å². The molecule has 1 saturated carbocycles. The average Bonchev–Trinajstić information content (AvgIpc) is 3.39. The zero-order valence-electron chi connectivity index (χ0n) is 15.0. The molecule has 0 radical (unpaired) electrons. The highest BCUT2D eigenvalue weighted by molar-refractivity contribution is 5.90. The second-order valence-electron chi connectivity index (χ2n) is 7.32. The van der Waals surface area contributed by atoms with Crippen LogP contribution in [-0.2, 0) is 4.79 Å². The van der Waals surface area contributed by atoms with Crippen molar-refractivity contribution in [1.82, 2.24) is 10.2 Å². The van der Waals surface area contributed by atoms with E-state index in [0.29, 0.717) is 12.1 Å². The monoisotopic (exact) mass is 331 g/mol. The van der Waals surface area contributed by atoms with Crippen LogP contribution >= 0.6 is 0 Å². The first kappa shape index (κ1) is 17.1. The lowest BCUT2D eigenvalue weighted by Crippen LogP contribution is -2.59. The minimum atomic E-state index is -0.527. The molecule has 1 aromatic rings. The Morgan fingerprint density at radius 2 is 2.00 bits per heavy atom. The van der Waals surface area contributed by atoms with E-state index in [1.54, 1.807) is 7.11 Å². The summed E-state index contributed by atoms with van der Waals surface area (Å²) in [5.74, 6) is 0.952. The van der Waals surface area contributed by atoms with Gasteiger partial charge in [-0.1, -0.05) is 6.07 Å². The van der Waals surface area contributed by atoms with Gasteiger partial charge in [-0.25, -0.2) is 0 Å². The summed E-state index contributed by atoms with van der Waals surface area (Å²) in [7, 11) is 1.66. The van der Waals surface area contributed by atoms with Crippen LogP contribution in [0, 0.1) is 0 Å². The first-order chi connectivity index (χ1) is 11.5. The van der Waals surface area contributed by atoms with Gasteiger partial charge in [0.2, 0.25) is 5.91 Å². The van der Waals surface area contributed by atoms with Crippen LogP contribution in [0.25, 0.3) is 0 Å². The highest BCUT2D eigenvalue weighted by atomic mass is 16.5. The zero-order chi connectivity index (χ0) is 17.2. The predicted molar refractivity (Wildman–Crippen MR) is 96.5 cm³/mol. The highest BCUT2D eigenvalue weighted by Gasteiger charge is 2.43. The summed E-state index contributed by atoms with van der Waals surface area (Å²) in [4.78, 5) is 15.4. The summed E-state index contributed by atoms with van der Waals surface area (Å²) in [6.45, 7) is 6.30. The van der Waals surface area contributed by atoms with E-state index in [-0.39, 0.29) is 5.91 Å². The van der Waals surface area contributed by atoms with E-state index in [2.05, 4.69) is 29.4 Å². The first-order valence-electron chi connectivity index (χ1n) is 9.00. The second kappa shape index (κ2) is 7.01. The Morgan fingerprint density at radius 3 is 2.58 bits per heavy atom. The largest absolute Gasteiger partial charge is 0.497 e. The Morgan fingerprint density at radius 1 is 1.29 bits per heavy atom. The van der Waals surface area contributed by atoms with Gasteiger partial charge in [0.1, 0.15) is 11.3 Å². The number of amides is 1. The van der Waals surface area contributed by atoms with Gasteiger partial charge >= 0.3 is 0 Å². The molecular weight excluding hydrogens is 302 g/mol. The molecule has 24 heavy (non-hydrogen) atoms. The number of hydrogen-bond donors (Lipinski definition) is 2. The number of ether oxygens (including phenoxy) is 1. The normalized spacial score (nSPS) is 20.7. The van der Waals surface area contributed by atoms with Crippen LogP contribution in [-0.4, -0.2) is 48.6 Å². The van der Waals surface area contributed by atoms with Crippen molar-refractivity contribution in [1.29, 1.82) is 0 Å². The SMILES string of the molecule is COc1cccc(NC2(C(=O)NC3CC3)CCN(C(C)C)CC2)c1. The number of carbonyl (C=O) groups is 1. The molecule has 5 nitrogen and oxygen atoms in total. The maximum Gasteiger partial charge on any atom is 0.245 e. The molecule has 0 spiro atoms. The van der Waals surface area contributed by atoms with Crippen LogP contribution in [0.1, 0.15) is 39.5 Å². The summed E-state index contributed by atoms with van der Waals surface area (Å²) in [6, 6.07) is 8.74. The fourth-order valence-electron chi connectivity index (χ4n) is 3.36. The van der Waals surface area contributed by atoms with Crippen molar-refractivity contribution in [3.63, 3.8) is 0 Å². The van der Waals surface area contributed by atoms with Crippen molar-refractivity contribution in [2.45, 2.75) is 57.2 Å². The Balaban J connectivity index is 1.77. The number of carbonyl (C=O) groups excluding carboxylic acids is 1. The van der Waals surface area contributed by atoms with Crippen LogP contribution in [0.15, 0.2) is 24.3 Å². The number of likely N-dealkylation sites (tertiary alicyclic amines) is 1. The molecule has 2 fully saturated rings. The number of hydrogen-bond acceptors (Lipinski definition) is 4. The maximum atomic E-state index is 13.0. The van der Waals surface area contributed by atoms with Gasteiger partial charge in [0.25, 0.3) is 0 Å². The highest BCUT2D eigenvalue weighted by Crippen LogP contribution is 2.31. The lowest BCUT2D eigenvalue weighted by molar-refractivity contribution is -0.127. The molecule has 1 amide bonds. The average molecular weight is 331 g/mol. The quantitative estimate of drug-likeness (QED) is 0.841. The Kier molecular flexibility index (Phi) is 4.99. The van der Waals surface area contributed by atoms with Crippen LogP contribution in [0.2, 0.25) is 0 Å². The van der Waals surface area contributed by atoms with Crippen LogP contribution in [0.3, 0.4) is 0 Å². The Hall–Kier alpha value is -1.75. The van der Waals surface area contributed by atoms with E-state index >= 15 is 0 Å². The lowest BCUT2D eigenvalue weighted by Gasteiger charge is -2.43.